The molecule has 1 saturated heterocycles. The molecule has 1 aliphatic rings. The number of phenolic OH excluding ortho intramolecular Hbond substituents is 1. The molecule has 2 heterocycles. The van der Waals surface area contributed by atoms with Gasteiger partial charge >= 0.3 is 0 Å². The molecule has 1 amide bonds. The van der Waals surface area contributed by atoms with Crippen LogP contribution in [0.5, 0.6) is 5.75 Å². The first-order valence-electron chi connectivity index (χ1n) is 7.68. The zero-order valence-corrected chi connectivity index (χ0v) is 13.4. The Kier molecular flexibility index (Phi) is 4.14. The lowest BCUT2D eigenvalue weighted by Gasteiger charge is -2.36. The van der Waals surface area contributed by atoms with Crippen LogP contribution >= 0.6 is 0 Å². The van der Waals surface area contributed by atoms with Gasteiger partial charge in [0.1, 0.15) is 11.6 Å². The van der Waals surface area contributed by atoms with Gasteiger partial charge in [-0.2, -0.15) is 0 Å². The van der Waals surface area contributed by atoms with Gasteiger partial charge in [-0.15, -0.1) is 0 Å². The molecule has 0 saturated carbocycles. The molecule has 0 unspecified atom stereocenters. The van der Waals surface area contributed by atoms with E-state index in [0.717, 1.165) is 17.2 Å². The minimum Gasteiger partial charge on any atom is -0.507 e. The number of piperazine rings is 1. The number of carbonyl (C=O) groups is 1. The fourth-order valence-electron chi connectivity index (χ4n) is 2.77. The molecule has 0 aliphatic carbocycles. The number of benzene rings is 1. The standard InChI is InChI=1S/C17H20N4O2/c1-12-11-18-13(2)16(19-12)20-7-9-21(10-8-20)17(23)14-5-3-4-6-15(14)22/h3-6,11,22H,7-10H2,1-2H3. The zero-order chi connectivity index (χ0) is 16.4. The average molecular weight is 312 g/mol. The summed E-state index contributed by atoms with van der Waals surface area (Å²) >= 11 is 0. The predicted molar refractivity (Wildman–Crippen MR) is 87.7 cm³/mol. The van der Waals surface area contributed by atoms with Crippen molar-refractivity contribution in [1.29, 1.82) is 0 Å². The number of para-hydroxylation sites is 1. The Balaban J connectivity index is 1.70. The van der Waals surface area contributed by atoms with Crippen LogP contribution in [0.2, 0.25) is 0 Å². The topological polar surface area (TPSA) is 69.6 Å². The number of phenols is 1. The van der Waals surface area contributed by atoms with Gasteiger partial charge in [0.2, 0.25) is 0 Å². The third kappa shape index (κ3) is 3.11. The molecule has 0 spiro atoms. The van der Waals surface area contributed by atoms with Crippen LogP contribution in [0.25, 0.3) is 0 Å². The zero-order valence-electron chi connectivity index (χ0n) is 13.4. The number of rotatable bonds is 2. The van der Waals surface area contributed by atoms with E-state index in [2.05, 4.69) is 14.9 Å². The van der Waals surface area contributed by atoms with Crippen molar-refractivity contribution in [3.05, 3.63) is 47.4 Å². The Labute approximate surface area is 135 Å². The molecule has 1 aromatic carbocycles. The van der Waals surface area contributed by atoms with Crippen LogP contribution in [0.4, 0.5) is 5.82 Å². The highest BCUT2D eigenvalue weighted by atomic mass is 16.3. The second-order valence-corrected chi connectivity index (χ2v) is 5.72. The average Bonchev–Trinajstić information content (AvgIpc) is 2.57. The van der Waals surface area contributed by atoms with Gasteiger partial charge in [0.25, 0.3) is 5.91 Å². The summed E-state index contributed by atoms with van der Waals surface area (Å²) in [5.41, 5.74) is 2.14. The first-order chi connectivity index (χ1) is 11.1. The van der Waals surface area contributed by atoms with E-state index in [9.17, 15) is 9.90 Å². The number of hydrogen-bond acceptors (Lipinski definition) is 5. The Morgan fingerprint density at radius 1 is 1.13 bits per heavy atom. The largest absolute Gasteiger partial charge is 0.507 e. The number of nitrogens with zero attached hydrogens (tertiary/aromatic N) is 4. The second kappa shape index (κ2) is 6.24. The van der Waals surface area contributed by atoms with E-state index in [1.54, 1.807) is 29.3 Å². The van der Waals surface area contributed by atoms with Crippen molar-refractivity contribution < 1.29 is 9.90 Å². The van der Waals surface area contributed by atoms with Gasteiger partial charge in [0.15, 0.2) is 0 Å². The maximum atomic E-state index is 12.5. The molecule has 3 rings (SSSR count). The Morgan fingerprint density at radius 2 is 1.83 bits per heavy atom. The molecule has 0 radical (unpaired) electrons. The van der Waals surface area contributed by atoms with Gasteiger partial charge in [-0.25, -0.2) is 4.98 Å². The molecule has 1 fully saturated rings. The number of aryl methyl sites for hydroxylation is 2. The highest BCUT2D eigenvalue weighted by molar-refractivity contribution is 5.96. The molecule has 23 heavy (non-hydrogen) atoms. The highest BCUT2D eigenvalue weighted by Crippen LogP contribution is 2.21. The number of amides is 1. The van der Waals surface area contributed by atoms with Crippen molar-refractivity contribution in [3.8, 4) is 5.75 Å². The summed E-state index contributed by atoms with van der Waals surface area (Å²) in [6.45, 7) is 6.48. The predicted octanol–water partition coefficient (Wildman–Crippen LogP) is 1.76. The van der Waals surface area contributed by atoms with Crippen LogP contribution in [-0.4, -0.2) is 52.1 Å². The number of anilines is 1. The molecule has 1 N–H and O–H groups in total. The lowest BCUT2D eigenvalue weighted by atomic mass is 10.1. The summed E-state index contributed by atoms with van der Waals surface area (Å²) in [4.78, 5) is 25.3. The Bertz CT molecular complexity index is 724. The minimum absolute atomic E-state index is 0.0281. The molecule has 120 valence electrons. The molecule has 6 heteroatoms. The van der Waals surface area contributed by atoms with Crippen LogP contribution in [0, 0.1) is 13.8 Å². The van der Waals surface area contributed by atoms with Crippen LogP contribution in [0.15, 0.2) is 30.5 Å². The van der Waals surface area contributed by atoms with Crippen molar-refractivity contribution in [2.75, 3.05) is 31.1 Å². The van der Waals surface area contributed by atoms with Gasteiger partial charge in [-0.3, -0.25) is 9.78 Å². The van der Waals surface area contributed by atoms with E-state index in [1.807, 2.05) is 13.8 Å². The van der Waals surface area contributed by atoms with Gasteiger partial charge in [0.05, 0.1) is 17.0 Å². The molecule has 0 bridgehead atoms. The molecular formula is C17H20N4O2. The normalized spacial score (nSPS) is 14.9. The first kappa shape index (κ1) is 15.3. The van der Waals surface area contributed by atoms with E-state index in [0.29, 0.717) is 31.7 Å². The molecule has 1 aliphatic heterocycles. The van der Waals surface area contributed by atoms with Crippen LogP contribution < -0.4 is 4.90 Å². The fourth-order valence-corrected chi connectivity index (χ4v) is 2.77. The van der Waals surface area contributed by atoms with Crippen molar-refractivity contribution in [2.24, 2.45) is 0 Å². The Hall–Kier alpha value is -2.63. The van der Waals surface area contributed by atoms with Crippen molar-refractivity contribution >= 4 is 11.7 Å². The lowest BCUT2D eigenvalue weighted by Crippen LogP contribution is -2.49. The maximum Gasteiger partial charge on any atom is 0.257 e. The third-order valence-corrected chi connectivity index (χ3v) is 4.05. The number of aromatic hydroxyl groups is 1. The number of carbonyl (C=O) groups excluding carboxylic acids is 1. The fraction of sp³-hybridized carbons (Fsp3) is 0.353. The SMILES string of the molecule is Cc1cnc(C)c(N2CCN(C(=O)c3ccccc3O)CC2)n1. The quantitative estimate of drug-likeness (QED) is 0.915. The second-order valence-electron chi connectivity index (χ2n) is 5.72. The highest BCUT2D eigenvalue weighted by Gasteiger charge is 2.25. The summed E-state index contributed by atoms with van der Waals surface area (Å²) < 4.78 is 0. The maximum absolute atomic E-state index is 12.5. The van der Waals surface area contributed by atoms with Crippen molar-refractivity contribution in [2.45, 2.75) is 13.8 Å². The summed E-state index contributed by atoms with van der Waals surface area (Å²) in [5.74, 6) is 0.787. The summed E-state index contributed by atoms with van der Waals surface area (Å²) in [6.07, 6.45) is 1.76. The summed E-state index contributed by atoms with van der Waals surface area (Å²) in [5, 5.41) is 9.83. The Morgan fingerprint density at radius 3 is 2.52 bits per heavy atom. The van der Waals surface area contributed by atoms with Gasteiger partial charge in [-0.1, -0.05) is 12.1 Å². The summed E-state index contributed by atoms with van der Waals surface area (Å²) in [6, 6.07) is 6.66. The number of aromatic nitrogens is 2. The number of hydrogen-bond donors (Lipinski definition) is 1. The first-order valence-corrected chi connectivity index (χ1v) is 7.68. The van der Waals surface area contributed by atoms with Crippen molar-refractivity contribution in [3.63, 3.8) is 0 Å². The van der Waals surface area contributed by atoms with E-state index in [1.165, 1.54) is 6.07 Å². The van der Waals surface area contributed by atoms with E-state index < -0.39 is 0 Å². The van der Waals surface area contributed by atoms with Crippen molar-refractivity contribution in [1.82, 2.24) is 14.9 Å². The van der Waals surface area contributed by atoms with E-state index in [4.69, 9.17) is 0 Å². The van der Waals surface area contributed by atoms with Crippen LogP contribution in [0.1, 0.15) is 21.7 Å². The van der Waals surface area contributed by atoms with Gasteiger partial charge in [-0.05, 0) is 26.0 Å². The minimum atomic E-state index is -0.130. The third-order valence-electron chi connectivity index (χ3n) is 4.05. The van der Waals surface area contributed by atoms with Gasteiger partial charge < -0.3 is 14.9 Å². The van der Waals surface area contributed by atoms with Gasteiger partial charge in [0, 0.05) is 32.4 Å². The molecule has 0 atom stereocenters. The van der Waals surface area contributed by atoms with Crippen LogP contribution in [-0.2, 0) is 0 Å². The monoisotopic (exact) mass is 312 g/mol. The molecule has 1 aromatic heterocycles. The molecule has 6 nitrogen and oxygen atoms in total. The summed E-state index contributed by atoms with van der Waals surface area (Å²) in [7, 11) is 0. The van der Waals surface area contributed by atoms with E-state index in [-0.39, 0.29) is 11.7 Å². The van der Waals surface area contributed by atoms with Crippen LogP contribution in [0.3, 0.4) is 0 Å². The molecule has 2 aromatic rings. The van der Waals surface area contributed by atoms with E-state index >= 15 is 0 Å². The molecular weight excluding hydrogens is 292 g/mol. The smallest absolute Gasteiger partial charge is 0.257 e. The lowest BCUT2D eigenvalue weighted by molar-refractivity contribution is 0.0743.